The van der Waals surface area contributed by atoms with Crippen molar-refractivity contribution in [2.45, 2.75) is 26.2 Å². The normalized spacial score (nSPS) is 12.0. The minimum absolute atomic E-state index is 0.0234. The summed E-state index contributed by atoms with van der Waals surface area (Å²) in [5, 5.41) is 3.57. The molecule has 0 heterocycles. The Labute approximate surface area is 130 Å². The molecule has 0 aliphatic rings. The van der Waals surface area contributed by atoms with Gasteiger partial charge in [-0.25, -0.2) is 0 Å². The quantitative estimate of drug-likeness (QED) is 0.824. The van der Waals surface area contributed by atoms with Gasteiger partial charge in [0, 0.05) is 22.8 Å². The molecular weight excluding hydrogens is 284 g/mol. The zero-order chi connectivity index (χ0) is 15.4. The molecule has 0 saturated carbocycles. The molecule has 0 bridgehead atoms. The van der Waals surface area contributed by atoms with E-state index in [4.69, 9.17) is 17.3 Å². The average molecular weight is 303 g/mol. The summed E-state index contributed by atoms with van der Waals surface area (Å²) < 4.78 is 0. The Bertz CT molecular complexity index is 638. The maximum Gasteiger partial charge on any atom is 0.224 e. The molecule has 21 heavy (non-hydrogen) atoms. The lowest BCUT2D eigenvalue weighted by Gasteiger charge is -2.14. The number of anilines is 2. The van der Waals surface area contributed by atoms with E-state index in [1.54, 1.807) is 0 Å². The molecule has 1 unspecified atom stereocenters. The second-order valence-electron chi connectivity index (χ2n) is 5.23. The van der Waals surface area contributed by atoms with E-state index < -0.39 is 0 Å². The van der Waals surface area contributed by atoms with E-state index in [0.29, 0.717) is 11.4 Å². The van der Waals surface area contributed by atoms with Crippen molar-refractivity contribution in [1.82, 2.24) is 0 Å². The van der Waals surface area contributed by atoms with Gasteiger partial charge in [0.25, 0.3) is 0 Å². The van der Waals surface area contributed by atoms with Crippen molar-refractivity contribution in [3.8, 4) is 0 Å². The second-order valence-corrected chi connectivity index (χ2v) is 5.64. The fourth-order valence-corrected chi connectivity index (χ4v) is 2.34. The lowest BCUT2D eigenvalue weighted by Crippen LogP contribution is -2.15. The van der Waals surface area contributed by atoms with Crippen molar-refractivity contribution < 1.29 is 4.79 Å². The molecule has 1 amide bonds. The van der Waals surface area contributed by atoms with E-state index in [-0.39, 0.29) is 11.8 Å². The van der Waals surface area contributed by atoms with Crippen molar-refractivity contribution in [2.24, 2.45) is 0 Å². The maximum atomic E-state index is 12.1. The van der Waals surface area contributed by atoms with E-state index in [9.17, 15) is 4.79 Å². The molecule has 110 valence electrons. The van der Waals surface area contributed by atoms with E-state index >= 15 is 0 Å². The third-order valence-electron chi connectivity index (χ3n) is 3.54. The van der Waals surface area contributed by atoms with Gasteiger partial charge in [-0.15, -0.1) is 0 Å². The monoisotopic (exact) mass is 302 g/mol. The molecule has 0 spiro atoms. The zero-order valence-corrected chi connectivity index (χ0v) is 12.9. The van der Waals surface area contributed by atoms with Crippen LogP contribution in [0.5, 0.6) is 0 Å². The average Bonchev–Trinajstić information content (AvgIpc) is 2.44. The molecule has 0 saturated heterocycles. The molecule has 4 heteroatoms. The highest BCUT2D eigenvalue weighted by Gasteiger charge is 2.12. The highest BCUT2D eigenvalue weighted by atomic mass is 35.5. The van der Waals surface area contributed by atoms with Gasteiger partial charge in [-0.3, -0.25) is 4.79 Å². The number of carbonyl (C=O) groups excluding carboxylic acids is 1. The zero-order valence-electron chi connectivity index (χ0n) is 12.2. The predicted octanol–water partition coefficient (Wildman–Crippen LogP) is 4.36. The molecule has 0 aliphatic carbocycles. The Kier molecular flexibility index (Phi) is 4.86. The van der Waals surface area contributed by atoms with Gasteiger partial charge in [0.2, 0.25) is 5.91 Å². The first kappa shape index (κ1) is 15.4. The number of nitrogens with one attached hydrogen (secondary N) is 1. The first-order chi connectivity index (χ1) is 9.97. The number of nitrogens with two attached hydrogens (primary N) is 1. The van der Waals surface area contributed by atoms with Crippen LogP contribution in [-0.2, 0) is 4.79 Å². The van der Waals surface area contributed by atoms with Crippen LogP contribution in [0.4, 0.5) is 11.4 Å². The SMILES string of the molecule is Cc1c(Cl)cccc1NC(=O)CC(C)c1ccc(N)cc1. The Morgan fingerprint density at radius 3 is 2.57 bits per heavy atom. The minimum Gasteiger partial charge on any atom is -0.399 e. The number of rotatable bonds is 4. The summed E-state index contributed by atoms with van der Waals surface area (Å²) in [6, 6.07) is 13.1. The third-order valence-corrected chi connectivity index (χ3v) is 3.95. The Morgan fingerprint density at radius 2 is 1.90 bits per heavy atom. The number of carbonyl (C=O) groups is 1. The van der Waals surface area contributed by atoms with Gasteiger partial charge in [0.15, 0.2) is 0 Å². The van der Waals surface area contributed by atoms with Crippen molar-refractivity contribution in [2.75, 3.05) is 11.1 Å². The largest absolute Gasteiger partial charge is 0.399 e. The fraction of sp³-hybridized carbons (Fsp3) is 0.235. The van der Waals surface area contributed by atoms with Crippen molar-refractivity contribution in [1.29, 1.82) is 0 Å². The Morgan fingerprint density at radius 1 is 1.24 bits per heavy atom. The van der Waals surface area contributed by atoms with Crippen molar-refractivity contribution in [3.63, 3.8) is 0 Å². The molecule has 3 N–H and O–H groups in total. The van der Waals surface area contributed by atoms with Crippen LogP contribution in [0.2, 0.25) is 5.02 Å². The van der Waals surface area contributed by atoms with E-state index in [0.717, 1.165) is 22.5 Å². The number of hydrogen-bond acceptors (Lipinski definition) is 2. The van der Waals surface area contributed by atoms with Crippen molar-refractivity contribution in [3.05, 3.63) is 58.6 Å². The van der Waals surface area contributed by atoms with Crippen molar-refractivity contribution >= 4 is 28.9 Å². The van der Waals surface area contributed by atoms with Gasteiger partial charge in [-0.2, -0.15) is 0 Å². The molecule has 2 aromatic carbocycles. The lowest BCUT2D eigenvalue weighted by atomic mass is 9.97. The molecule has 3 nitrogen and oxygen atoms in total. The number of benzene rings is 2. The highest BCUT2D eigenvalue weighted by molar-refractivity contribution is 6.31. The highest BCUT2D eigenvalue weighted by Crippen LogP contribution is 2.25. The van der Waals surface area contributed by atoms with Gasteiger partial charge in [-0.05, 0) is 48.2 Å². The summed E-state index contributed by atoms with van der Waals surface area (Å²) in [7, 11) is 0. The molecular formula is C17H19ClN2O. The number of nitrogen functional groups attached to an aromatic ring is 1. The Hall–Kier alpha value is -2.00. The summed E-state index contributed by atoms with van der Waals surface area (Å²) >= 11 is 6.05. The Balaban J connectivity index is 2.01. The minimum atomic E-state index is -0.0234. The topological polar surface area (TPSA) is 55.1 Å². The van der Waals surface area contributed by atoms with Crippen LogP contribution < -0.4 is 11.1 Å². The van der Waals surface area contributed by atoms with Gasteiger partial charge >= 0.3 is 0 Å². The molecule has 0 aliphatic heterocycles. The summed E-state index contributed by atoms with van der Waals surface area (Å²) in [4.78, 5) is 12.1. The van der Waals surface area contributed by atoms with Crippen LogP contribution >= 0.6 is 11.6 Å². The van der Waals surface area contributed by atoms with Gasteiger partial charge in [0.05, 0.1) is 0 Å². The van der Waals surface area contributed by atoms with Crippen LogP contribution in [0.3, 0.4) is 0 Å². The van der Waals surface area contributed by atoms with E-state index in [2.05, 4.69) is 5.32 Å². The maximum absolute atomic E-state index is 12.1. The van der Waals surface area contributed by atoms with Crippen LogP contribution in [-0.4, -0.2) is 5.91 Å². The molecule has 0 fully saturated rings. The first-order valence-corrected chi connectivity index (χ1v) is 7.25. The molecule has 2 rings (SSSR count). The molecule has 2 aromatic rings. The van der Waals surface area contributed by atoms with Gasteiger partial charge < -0.3 is 11.1 Å². The summed E-state index contributed by atoms with van der Waals surface area (Å²) in [5.41, 5.74) is 9.14. The number of halogens is 1. The third kappa shape index (κ3) is 3.99. The predicted molar refractivity (Wildman–Crippen MR) is 88.7 cm³/mol. The van der Waals surface area contributed by atoms with Gasteiger partial charge in [0.1, 0.15) is 0 Å². The molecule has 0 radical (unpaired) electrons. The summed E-state index contributed by atoms with van der Waals surface area (Å²) in [6.07, 6.45) is 0.413. The van der Waals surface area contributed by atoms with Gasteiger partial charge in [-0.1, -0.05) is 36.7 Å². The van der Waals surface area contributed by atoms with Crippen LogP contribution in [0.25, 0.3) is 0 Å². The second kappa shape index (κ2) is 6.64. The van der Waals surface area contributed by atoms with Crippen LogP contribution in [0.1, 0.15) is 30.4 Å². The molecule has 0 aromatic heterocycles. The number of amides is 1. The van der Waals surface area contributed by atoms with Crippen LogP contribution in [0.15, 0.2) is 42.5 Å². The summed E-state index contributed by atoms with van der Waals surface area (Å²) in [5.74, 6) is 0.106. The van der Waals surface area contributed by atoms with Crippen LogP contribution in [0, 0.1) is 6.92 Å². The number of hydrogen-bond donors (Lipinski definition) is 2. The van der Waals surface area contributed by atoms with E-state index in [1.807, 2.05) is 56.3 Å². The summed E-state index contributed by atoms with van der Waals surface area (Å²) in [6.45, 7) is 3.91. The van der Waals surface area contributed by atoms with E-state index in [1.165, 1.54) is 0 Å². The lowest BCUT2D eigenvalue weighted by molar-refractivity contribution is -0.116. The standard InChI is InChI=1S/C17H19ClN2O/c1-11(13-6-8-14(19)9-7-13)10-17(21)20-16-5-3-4-15(18)12(16)2/h3-9,11H,10,19H2,1-2H3,(H,20,21). The fourth-order valence-electron chi connectivity index (χ4n) is 2.16. The first-order valence-electron chi connectivity index (χ1n) is 6.87. The smallest absolute Gasteiger partial charge is 0.224 e. The molecule has 1 atom stereocenters.